The van der Waals surface area contributed by atoms with Crippen LogP contribution in [0, 0.1) is 6.07 Å². The molecule has 6 aliphatic rings. The van der Waals surface area contributed by atoms with Crippen molar-refractivity contribution in [3.63, 3.8) is 0 Å². The summed E-state index contributed by atoms with van der Waals surface area (Å²) in [6.07, 6.45) is 1.34. The average Bonchev–Trinajstić information content (AvgIpc) is 4.32. The first-order valence-corrected chi connectivity index (χ1v) is 23.5. The van der Waals surface area contributed by atoms with E-state index >= 15 is 0 Å². The van der Waals surface area contributed by atoms with Crippen molar-refractivity contribution in [3.05, 3.63) is 191 Å². The topological polar surface area (TPSA) is 229 Å². The number of ether oxygens (including phenoxy) is 12. The van der Waals surface area contributed by atoms with Gasteiger partial charge in [0.15, 0.2) is 80.5 Å². The molecule has 396 valence electrons. The predicted molar refractivity (Wildman–Crippen MR) is 275 cm³/mol. The van der Waals surface area contributed by atoms with Crippen LogP contribution in [0.4, 0.5) is 0 Å². The van der Waals surface area contributed by atoms with Gasteiger partial charge in [0.05, 0.1) is 11.5 Å². The number of phenols is 4. The van der Waals surface area contributed by atoms with Crippen molar-refractivity contribution >= 4 is 29.3 Å². The van der Waals surface area contributed by atoms with Gasteiger partial charge in [0.25, 0.3) is 0 Å². The smallest absolute Gasteiger partial charge is 1.00 e. The maximum absolute atomic E-state index is 10.5. The SMILES string of the molecule is O=Cc1ccc2c(c1)OCO2.OC(c1ccc2c(c1)OCO2)c1ccc2c(c1)OCO2.Oc1ccc(Cc2ccc(O)c(O)c2)cc1O.[Br-].[Mg+2].[c-]1ccc2c(c1)OCO2.c1cc2c(cc1Cc1ccc3c(c1)OCO3)OCO2. The molecule has 20 heteroatoms. The van der Waals surface area contributed by atoms with E-state index in [2.05, 4.69) is 18.2 Å². The quantitative estimate of drug-likeness (QED) is 0.0524. The van der Waals surface area contributed by atoms with Gasteiger partial charge in [-0.15, -0.1) is 12.1 Å². The van der Waals surface area contributed by atoms with Gasteiger partial charge in [0.2, 0.25) is 40.8 Å². The molecule has 0 aliphatic carbocycles. The van der Waals surface area contributed by atoms with Crippen molar-refractivity contribution in [1.82, 2.24) is 0 Å². The zero-order valence-electron chi connectivity index (χ0n) is 41.3. The van der Waals surface area contributed by atoms with E-state index in [4.69, 9.17) is 67.1 Å². The molecule has 0 bridgehead atoms. The summed E-state index contributed by atoms with van der Waals surface area (Å²) in [4.78, 5) is 10.3. The minimum absolute atomic E-state index is 0. The van der Waals surface area contributed by atoms with Gasteiger partial charge < -0.3 is 99.4 Å². The Hall–Kier alpha value is -8.56. The van der Waals surface area contributed by atoms with E-state index in [9.17, 15) is 20.1 Å². The van der Waals surface area contributed by atoms with Gasteiger partial charge in [-0.05, 0) is 137 Å². The second-order valence-corrected chi connectivity index (χ2v) is 17.0. The molecule has 18 nitrogen and oxygen atoms in total. The number of aldehydes is 1. The molecule has 0 unspecified atom stereocenters. The Bertz CT molecular complexity index is 3190. The van der Waals surface area contributed by atoms with Crippen molar-refractivity contribution in [2.45, 2.75) is 18.9 Å². The monoisotopic (exact) mass is 1130 g/mol. The number of hydrogen-bond donors (Lipinski definition) is 5. The number of carbonyl (C=O) groups is 1. The molecule has 0 atom stereocenters. The number of aliphatic hydroxyl groups is 1. The Morgan fingerprint density at radius 3 is 1.13 bits per heavy atom. The molecular weight excluding hydrogens is 1090 g/mol. The van der Waals surface area contributed by atoms with Crippen molar-refractivity contribution in [2.75, 3.05) is 40.8 Å². The summed E-state index contributed by atoms with van der Waals surface area (Å²) in [5.41, 5.74) is 6.05. The van der Waals surface area contributed by atoms with Crippen LogP contribution in [0.15, 0.2) is 146 Å². The normalized spacial score (nSPS) is 13.1. The third kappa shape index (κ3) is 13.7. The summed E-state index contributed by atoms with van der Waals surface area (Å²) >= 11 is 0. The zero-order valence-corrected chi connectivity index (χ0v) is 44.3. The molecule has 6 aliphatic heterocycles. The summed E-state index contributed by atoms with van der Waals surface area (Å²) in [7, 11) is 0. The van der Waals surface area contributed by atoms with E-state index in [1.807, 2.05) is 42.5 Å². The fourth-order valence-corrected chi connectivity index (χ4v) is 8.07. The van der Waals surface area contributed by atoms with E-state index in [0.717, 1.165) is 69.5 Å². The molecule has 0 saturated carbocycles. The predicted octanol–water partition coefficient (Wildman–Crippen LogP) is 6.13. The maximum atomic E-state index is 10.5. The van der Waals surface area contributed by atoms with Crippen LogP contribution in [0.25, 0.3) is 0 Å². The van der Waals surface area contributed by atoms with Crippen molar-refractivity contribution < 1.29 is 104 Å². The van der Waals surface area contributed by atoms with E-state index in [1.54, 1.807) is 66.7 Å². The number of phenolic OH excluding ortho intramolecular Hbond substituents is 4. The number of fused-ring (bicyclic) bond motifs is 6. The van der Waals surface area contributed by atoms with Gasteiger partial charge in [-0.1, -0.05) is 36.4 Å². The van der Waals surface area contributed by atoms with E-state index in [0.29, 0.717) is 66.9 Å². The van der Waals surface area contributed by atoms with Gasteiger partial charge in [-0.25, -0.2) is 0 Å². The van der Waals surface area contributed by atoms with Gasteiger partial charge in [0, 0.05) is 5.56 Å². The van der Waals surface area contributed by atoms with Gasteiger partial charge in [-0.3, -0.25) is 4.79 Å². The number of rotatable bonds is 7. The van der Waals surface area contributed by atoms with Crippen LogP contribution in [0.1, 0.15) is 49.8 Å². The average molecular weight is 1140 g/mol. The molecule has 8 aromatic carbocycles. The summed E-state index contributed by atoms with van der Waals surface area (Å²) in [5, 5.41) is 47.5. The molecule has 8 aromatic rings. The van der Waals surface area contributed by atoms with E-state index < -0.39 is 6.10 Å². The molecule has 0 aromatic heterocycles. The molecule has 14 rings (SSSR count). The minimum atomic E-state index is -0.751. The third-order valence-corrected chi connectivity index (χ3v) is 11.9. The summed E-state index contributed by atoms with van der Waals surface area (Å²) < 4.78 is 62.8. The number of hydrogen-bond acceptors (Lipinski definition) is 18. The maximum Gasteiger partial charge on any atom is 2.00 e. The fourth-order valence-electron chi connectivity index (χ4n) is 8.07. The number of aromatic hydroxyl groups is 4. The summed E-state index contributed by atoms with van der Waals surface area (Å²) in [6, 6.07) is 45.3. The molecule has 5 N–H and O–H groups in total. The minimum Gasteiger partial charge on any atom is -1.00 e. The molecule has 0 fully saturated rings. The molecular formula is C58H47BrMgO18. The van der Waals surface area contributed by atoms with Crippen LogP contribution in [0.3, 0.4) is 0 Å². The van der Waals surface area contributed by atoms with Crippen LogP contribution in [0.5, 0.6) is 92.0 Å². The van der Waals surface area contributed by atoms with E-state index in [-0.39, 0.29) is 83.4 Å². The second-order valence-electron chi connectivity index (χ2n) is 17.0. The number of benzene rings is 8. The number of carbonyl (C=O) groups excluding carboxylic acids is 1. The summed E-state index contributed by atoms with van der Waals surface area (Å²) in [5.74, 6) is 8.25. The first-order valence-electron chi connectivity index (χ1n) is 23.5. The second kappa shape index (κ2) is 26.0. The molecule has 6 heterocycles. The van der Waals surface area contributed by atoms with Crippen LogP contribution >= 0.6 is 0 Å². The molecule has 0 spiro atoms. The largest absolute Gasteiger partial charge is 2.00 e. The zero-order chi connectivity index (χ0) is 52.4. The Morgan fingerprint density at radius 2 is 0.718 bits per heavy atom. The van der Waals surface area contributed by atoms with Crippen LogP contribution in [-0.4, -0.2) is 95.6 Å². The molecule has 0 radical (unpaired) electrons. The first-order chi connectivity index (χ1) is 37.1. The van der Waals surface area contributed by atoms with Crippen molar-refractivity contribution in [2.24, 2.45) is 0 Å². The van der Waals surface area contributed by atoms with Gasteiger partial charge in [0.1, 0.15) is 12.4 Å². The van der Waals surface area contributed by atoms with Crippen molar-refractivity contribution in [1.29, 1.82) is 0 Å². The Morgan fingerprint density at radius 1 is 0.385 bits per heavy atom. The Labute approximate surface area is 473 Å². The van der Waals surface area contributed by atoms with Crippen LogP contribution < -0.4 is 73.8 Å². The molecule has 78 heavy (non-hydrogen) atoms. The number of aliphatic hydroxyl groups excluding tert-OH is 1. The van der Waals surface area contributed by atoms with Gasteiger partial charge >= 0.3 is 23.1 Å². The summed E-state index contributed by atoms with van der Waals surface area (Å²) in [6.45, 7) is 1.65. The standard InChI is InChI=1S/C15H12O5.C15H12O4.C13H12O4.C8H6O3.C7H5O2.BrH.Mg/c16-15(9-1-3-11-13(5-9)19-7-17-11)10-2-4-12-14(6-10)20-8-18-12;1-3-12-14(18-8-16-12)6-10(1)5-11-2-4-13-15(7-11)19-9-17-13;14-10-3-1-8(6-12(10)16)5-9-2-4-11(15)13(17)7-9;9-4-6-1-2-7-8(3-6)11-5-10-7;1-2-4-7-6(3-1)8-5-9-7;;/h1-6,15-16H,7-8H2;1-4,6-7H,5,8-9H2;1-4,6-7,14-17H,5H2;1-4H,5H2;1,3-4H,5H2;1H;/q;;;;-1;;+2/p-1. The third-order valence-electron chi connectivity index (χ3n) is 11.9. The van der Waals surface area contributed by atoms with Crippen LogP contribution in [0.2, 0.25) is 0 Å². The molecule has 0 amide bonds. The van der Waals surface area contributed by atoms with Gasteiger partial charge in [-0.2, -0.15) is 12.1 Å². The number of halogens is 1. The Balaban J connectivity index is 0.000000131. The first kappa shape index (κ1) is 55.7. The Kier molecular flexibility index (Phi) is 18.5. The van der Waals surface area contributed by atoms with Crippen LogP contribution in [-0.2, 0) is 12.8 Å². The fraction of sp³-hybridized carbons (Fsp3) is 0.155. The van der Waals surface area contributed by atoms with E-state index in [1.165, 1.54) is 35.4 Å². The molecule has 0 saturated heterocycles. The van der Waals surface area contributed by atoms with Crippen molar-refractivity contribution in [3.8, 4) is 92.0 Å².